The topological polar surface area (TPSA) is 18.5 Å². The molecule has 1 fully saturated rings. The Balaban J connectivity index is 1.70. The van der Waals surface area contributed by atoms with Crippen LogP contribution in [-0.4, -0.2) is 26.4 Å². The van der Waals surface area contributed by atoms with Crippen LogP contribution in [0.1, 0.15) is 32.6 Å². The summed E-state index contributed by atoms with van der Waals surface area (Å²) in [4.78, 5) is 0. The van der Waals surface area contributed by atoms with Crippen molar-refractivity contribution in [2.75, 3.05) is 26.4 Å². The molecule has 0 bridgehead atoms. The molecule has 1 aliphatic heterocycles. The molecule has 0 aromatic rings. The molecule has 1 aliphatic rings. The van der Waals surface area contributed by atoms with Gasteiger partial charge in [0.25, 0.3) is 0 Å². The van der Waals surface area contributed by atoms with Crippen molar-refractivity contribution in [3.05, 3.63) is 0 Å². The second-order valence-electron chi connectivity index (χ2n) is 3.54. The van der Waals surface area contributed by atoms with E-state index in [9.17, 15) is 0 Å². The molecule has 0 spiro atoms. The van der Waals surface area contributed by atoms with E-state index >= 15 is 0 Å². The summed E-state index contributed by atoms with van der Waals surface area (Å²) >= 11 is 0. The molecule has 1 saturated heterocycles. The zero-order valence-corrected chi connectivity index (χ0v) is 8.05. The smallest absolute Gasteiger partial charge is 0.0538 e. The van der Waals surface area contributed by atoms with Crippen molar-refractivity contribution in [1.29, 1.82) is 0 Å². The fraction of sp³-hybridized carbons (Fsp3) is 1.00. The lowest BCUT2D eigenvalue weighted by atomic mass is 10.1. The standard InChI is InChI=1S/C10H20O2/c1-2-3-4-5-6-11-7-10-8-12-9-10/h10H,2-9H2,1H3. The highest BCUT2D eigenvalue weighted by atomic mass is 16.5. The summed E-state index contributed by atoms with van der Waals surface area (Å²) in [6.07, 6.45) is 5.19. The van der Waals surface area contributed by atoms with Gasteiger partial charge in [0.1, 0.15) is 0 Å². The van der Waals surface area contributed by atoms with E-state index in [1.54, 1.807) is 0 Å². The van der Waals surface area contributed by atoms with Crippen LogP contribution in [-0.2, 0) is 9.47 Å². The molecule has 1 rings (SSSR count). The van der Waals surface area contributed by atoms with Gasteiger partial charge in [-0.05, 0) is 6.42 Å². The second-order valence-corrected chi connectivity index (χ2v) is 3.54. The Bertz CT molecular complexity index is 100. The molecule has 1 heterocycles. The summed E-state index contributed by atoms with van der Waals surface area (Å²) in [7, 11) is 0. The number of rotatable bonds is 7. The van der Waals surface area contributed by atoms with Crippen molar-refractivity contribution in [2.24, 2.45) is 5.92 Å². The molecule has 72 valence electrons. The summed E-state index contributed by atoms with van der Waals surface area (Å²) in [5, 5.41) is 0. The van der Waals surface area contributed by atoms with Crippen LogP contribution in [0.2, 0.25) is 0 Å². The molecule has 0 aliphatic carbocycles. The van der Waals surface area contributed by atoms with Crippen LogP contribution in [0.25, 0.3) is 0 Å². The predicted molar refractivity (Wildman–Crippen MR) is 49.3 cm³/mol. The van der Waals surface area contributed by atoms with E-state index < -0.39 is 0 Å². The van der Waals surface area contributed by atoms with E-state index in [1.165, 1.54) is 25.7 Å². The first-order valence-electron chi connectivity index (χ1n) is 5.09. The molecule has 2 nitrogen and oxygen atoms in total. The third kappa shape index (κ3) is 4.07. The Morgan fingerprint density at radius 3 is 2.67 bits per heavy atom. The fourth-order valence-corrected chi connectivity index (χ4v) is 1.26. The lowest BCUT2D eigenvalue weighted by Gasteiger charge is -2.25. The first kappa shape index (κ1) is 10.0. The molecule has 0 amide bonds. The van der Waals surface area contributed by atoms with Crippen molar-refractivity contribution >= 4 is 0 Å². The SMILES string of the molecule is CCCCCCOCC1COC1. The number of ether oxygens (including phenoxy) is 2. The maximum Gasteiger partial charge on any atom is 0.0538 e. The lowest BCUT2D eigenvalue weighted by molar-refractivity contribution is -0.0718. The third-order valence-electron chi connectivity index (χ3n) is 2.20. The van der Waals surface area contributed by atoms with Crippen molar-refractivity contribution in [1.82, 2.24) is 0 Å². The van der Waals surface area contributed by atoms with Crippen molar-refractivity contribution < 1.29 is 9.47 Å². The molecule has 0 aromatic carbocycles. The molecular weight excluding hydrogens is 152 g/mol. The van der Waals surface area contributed by atoms with Gasteiger partial charge in [0.15, 0.2) is 0 Å². The zero-order valence-electron chi connectivity index (χ0n) is 8.05. The molecule has 0 atom stereocenters. The lowest BCUT2D eigenvalue weighted by Crippen LogP contribution is -2.31. The van der Waals surface area contributed by atoms with Crippen LogP contribution in [0.5, 0.6) is 0 Å². The molecular formula is C10H20O2. The van der Waals surface area contributed by atoms with Gasteiger partial charge in [0.2, 0.25) is 0 Å². The van der Waals surface area contributed by atoms with Crippen LogP contribution in [0.3, 0.4) is 0 Å². The third-order valence-corrected chi connectivity index (χ3v) is 2.20. The Kier molecular flexibility index (Phi) is 5.37. The molecule has 12 heavy (non-hydrogen) atoms. The van der Waals surface area contributed by atoms with Gasteiger partial charge in [-0.1, -0.05) is 26.2 Å². The molecule has 0 N–H and O–H groups in total. The van der Waals surface area contributed by atoms with Gasteiger partial charge in [-0.2, -0.15) is 0 Å². The Hall–Kier alpha value is -0.0800. The van der Waals surface area contributed by atoms with Crippen LogP contribution < -0.4 is 0 Å². The quantitative estimate of drug-likeness (QED) is 0.548. The maximum absolute atomic E-state index is 5.50. The van der Waals surface area contributed by atoms with Crippen LogP contribution >= 0.6 is 0 Å². The summed E-state index contributed by atoms with van der Waals surface area (Å²) in [5.41, 5.74) is 0. The van der Waals surface area contributed by atoms with Gasteiger partial charge in [-0.3, -0.25) is 0 Å². The first-order chi connectivity index (χ1) is 5.93. The normalized spacial score (nSPS) is 17.8. The van der Waals surface area contributed by atoms with Gasteiger partial charge in [-0.25, -0.2) is 0 Å². The van der Waals surface area contributed by atoms with Crippen molar-refractivity contribution in [2.45, 2.75) is 32.6 Å². The summed E-state index contributed by atoms with van der Waals surface area (Å²) in [5.74, 6) is 0.691. The first-order valence-corrected chi connectivity index (χ1v) is 5.09. The highest BCUT2D eigenvalue weighted by Crippen LogP contribution is 2.10. The van der Waals surface area contributed by atoms with Gasteiger partial charge >= 0.3 is 0 Å². The summed E-state index contributed by atoms with van der Waals surface area (Å²) in [6.45, 7) is 5.90. The maximum atomic E-state index is 5.50. The fourth-order valence-electron chi connectivity index (χ4n) is 1.26. The van der Waals surface area contributed by atoms with Crippen LogP contribution in [0.15, 0.2) is 0 Å². The highest BCUT2D eigenvalue weighted by molar-refractivity contribution is 4.63. The molecule has 0 unspecified atom stereocenters. The number of unbranched alkanes of at least 4 members (excludes halogenated alkanes) is 3. The van der Waals surface area contributed by atoms with E-state index in [2.05, 4.69) is 6.92 Å². The summed E-state index contributed by atoms with van der Waals surface area (Å²) in [6, 6.07) is 0. The zero-order chi connectivity index (χ0) is 8.65. The Labute approximate surface area is 75.2 Å². The van der Waals surface area contributed by atoms with Crippen molar-refractivity contribution in [3.63, 3.8) is 0 Å². The van der Waals surface area contributed by atoms with Gasteiger partial charge in [0, 0.05) is 12.5 Å². The van der Waals surface area contributed by atoms with Crippen LogP contribution in [0.4, 0.5) is 0 Å². The average Bonchev–Trinajstić information content (AvgIpc) is 2.00. The predicted octanol–water partition coefficient (Wildman–Crippen LogP) is 2.23. The van der Waals surface area contributed by atoms with E-state index in [0.717, 1.165) is 26.4 Å². The molecule has 2 heteroatoms. The molecule has 0 radical (unpaired) electrons. The minimum atomic E-state index is 0.691. The minimum Gasteiger partial charge on any atom is -0.381 e. The monoisotopic (exact) mass is 172 g/mol. The highest BCUT2D eigenvalue weighted by Gasteiger charge is 2.17. The Morgan fingerprint density at radius 1 is 1.25 bits per heavy atom. The largest absolute Gasteiger partial charge is 0.381 e. The van der Waals surface area contributed by atoms with Gasteiger partial charge < -0.3 is 9.47 Å². The van der Waals surface area contributed by atoms with E-state index in [1.807, 2.05) is 0 Å². The van der Waals surface area contributed by atoms with Gasteiger partial charge in [-0.15, -0.1) is 0 Å². The second kappa shape index (κ2) is 6.44. The van der Waals surface area contributed by atoms with E-state index in [4.69, 9.17) is 9.47 Å². The molecule has 0 saturated carbocycles. The van der Waals surface area contributed by atoms with E-state index in [-0.39, 0.29) is 0 Å². The summed E-state index contributed by atoms with van der Waals surface area (Å²) < 4.78 is 10.6. The number of hydrogen-bond acceptors (Lipinski definition) is 2. The average molecular weight is 172 g/mol. The van der Waals surface area contributed by atoms with E-state index in [0.29, 0.717) is 5.92 Å². The Morgan fingerprint density at radius 2 is 2.08 bits per heavy atom. The van der Waals surface area contributed by atoms with Gasteiger partial charge in [0.05, 0.1) is 19.8 Å². The van der Waals surface area contributed by atoms with Crippen molar-refractivity contribution in [3.8, 4) is 0 Å². The van der Waals surface area contributed by atoms with Crippen LogP contribution in [0, 0.1) is 5.92 Å². The molecule has 0 aromatic heterocycles. The number of hydrogen-bond donors (Lipinski definition) is 0. The minimum absolute atomic E-state index is 0.691.